The molecule has 130 valence electrons. The topological polar surface area (TPSA) is 57.0 Å². The minimum absolute atomic E-state index is 0.608. The Kier molecular flexibility index (Phi) is 6.90. The molecule has 2 aromatic carbocycles. The summed E-state index contributed by atoms with van der Waals surface area (Å²) in [6.07, 6.45) is 0. The van der Waals surface area contributed by atoms with Crippen molar-refractivity contribution in [2.24, 2.45) is 5.73 Å². The smallest absolute Gasteiger partial charge is 0.203 e. The number of ether oxygens (including phenoxy) is 3. The van der Waals surface area contributed by atoms with E-state index in [2.05, 4.69) is 29.2 Å². The first-order valence-corrected chi connectivity index (χ1v) is 7.97. The van der Waals surface area contributed by atoms with Crippen molar-refractivity contribution in [2.45, 2.75) is 13.1 Å². The van der Waals surface area contributed by atoms with Crippen molar-refractivity contribution in [2.75, 3.05) is 34.4 Å². The quantitative estimate of drug-likeness (QED) is 0.766. The van der Waals surface area contributed by atoms with Gasteiger partial charge in [0.1, 0.15) is 0 Å². The third-order valence-corrected chi connectivity index (χ3v) is 3.83. The minimum atomic E-state index is 0.608. The van der Waals surface area contributed by atoms with E-state index < -0.39 is 0 Å². The highest BCUT2D eigenvalue weighted by Crippen LogP contribution is 2.38. The molecule has 0 atom stereocenters. The summed E-state index contributed by atoms with van der Waals surface area (Å²) in [5.74, 6) is 1.94. The molecule has 24 heavy (non-hydrogen) atoms. The fourth-order valence-corrected chi connectivity index (χ4v) is 2.72. The molecule has 2 rings (SSSR count). The zero-order valence-corrected chi connectivity index (χ0v) is 14.6. The van der Waals surface area contributed by atoms with Gasteiger partial charge < -0.3 is 19.9 Å². The van der Waals surface area contributed by atoms with Gasteiger partial charge in [-0.1, -0.05) is 30.3 Å². The molecule has 2 aromatic rings. The Labute approximate surface area is 143 Å². The predicted octanol–water partition coefficient (Wildman–Crippen LogP) is 2.67. The second kappa shape index (κ2) is 9.15. The van der Waals surface area contributed by atoms with Gasteiger partial charge in [-0.25, -0.2) is 0 Å². The Morgan fingerprint density at radius 2 is 1.42 bits per heavy atom. The molecule has 2 N–H and O–H groups in total. The second-order valence-corrected chi connectivity index (χ2v) is 5.52. The van der Waals surface area contributed by atoms with Crippen LogP contribution in [0.4, 0.5) is 0 Å². The molecule has 0 aliphatic carbocycles. The number of hydrogen-bond donors (Lipinski definition) is 1. The Bertz CT molecular complexity index is 607. The second-order valence-electron chi connectivity index (χ2n) is 5.52. The lowest BCUT2D eigenvalue weighted by atomic mass is 10.1. The van der Waals surface area contributed by atoms with E-state index in [4.69, 9.17) is 19.9 Å². The van der Waals surface area contributed by atoms with E-state index in [0.29, 0.717) is 23.8 Å². The summed E-state index contributed by atoms with van der Waals surface area (Å²) in [6, 6.07) is 14.3. The molecule has 0 unspecified atom stereocenters. The highest BCUT2D eigenvalue weighted by atomic mass is 16.5. The van der Waals surface area contributed by atoms with Crippen molar-refractivity contribution in [3.8, 4) is 17.2 Å². The molecule has 0 aliphatic heterocycles. The highest BCUT2D eigenvalue weighted by Gasteiger charge is 2.15. The van der Waals surface area contributed by atoms with Gasteiger partial charge in [0, 0.05) is 26.2 Å². The average molecular weight is 330 g/mol. The summed E-state index contributed by atoms with van der Waals surface area (Å²) < 4.78 is 16.2. The van der Waals surface area contributed by atoms with E-state index in [0.717, 1.165) is 25.2 Å². The molecule has 0 saturated carbocycles. The van der Waals surface area contributed by atoms with Crippen molar-refractivity contribution in [3.63, 3.8) is 0 Å². The van der Waals surface area contributed by atoms with Crippen molar-refractivity contribution in [1.82, 2.24) is 4.90 Å². The van der Waals surface area contributed by atoms with Gasteiger partial charge in [-0.05, 0) is 23.3 Å². The van der Waals surface area contributed by atoms with Crippen LogP contribution < -0.4 is 19.9 Å². The molecule has 0 saturated heterocycles. The first kappa shape index (κ1) is 18.1. The van der Waals surface area contributed by atoms with Crippen LogP contribution in [-0.2, 0) is 13.1 Å². The summed E-state index contributed by atoms with van der Waals surface area (Å²) in [5.41, 5.74) is 8.14. The SMILES string of the molecule is COc1cc(CN(CCN)Cc2ccccc2)cc(OC)c1OC. The van der Waals surface area contributed by atoms with Crippen LogP contribution in [0.25, 0.3) is 0 Å². The fraction of sp³-hybridized carbons (Fsp3) is 0.368. The van der Waals surface area contributed by atoms with E-state index in [1.54, 1.807) is 21.3 Å². The van der Waals surface area contributed by atoms with Crippen molar-refractivity contribution in [3.05, 3.63) is 53.6 Å². The number of nitrogens with zero attached hydrogens (tertiary/aromatic N) is 1. The Morgan fingerprint density at radius 1 is 0.833 bits per heavy atom. The standard InChI is InChI=1S/C19H26N2O3/c1-22-17-11-16(12-18(23-2)19(17)24-3)14-21(10-9-20)13-15-7-5-4-6-8-15/h4-8,11-12H,9-10,13-14,20H2,1-3H3. The van der Waals surface area contributed by atoms with E-state index in [-0.39, 0.29) is 0 Å². The molecule has 5 nitrogen and oxygen atoms in total. The van der Waals surface area contributed by atoms with Gasteiger partial charge in [0.25, 0.3) is 0 Å². The first-order chi connectivity index (χ1) is 11.7. The Morgan fingerprint density at radius 3 is 1.92 bits per heavy atom. The predicted molar refractivity (Wildman–Crippen MR) is 95.7 cm³/mol. The number of hydrogen-bond acceptors (Lipinski definition) is 5. The number of benzene rings is 2. The molecule has 0 bridgehead atoms. The largest absolute Gasteiger partial charge is 0.493 e. The monoisotopic (exact) mass is 330 g/mol. The molecular weight excluding hydrogens is 304 g/mol. The van der Waals surface area contributed by atoms with Gasteiger partial charge in [0.2, 0.25) is 5.75 Å². The lowest BCUT2D eigenvalue weighted by molar-refractivity contribution is 0.262. The van der Waals surface area contributed by atoms with Gasteiger partial charge in [0.05, 0.1) is 21.3 Å². The summed E-state index contributed by atoms with van der Waals surface area (Å²) in [5, 5.41) is 0. The fourth-order valence-electron chi connectivity index (χ4n) is 2.72. The molecule has 0 aliphatic rings. The van der Waals surface area contributed by atoms with Crippen LogP contribution in [-0.4, -0.2) is 39.3 Å². The normalized spacial score (nSPS) is 10.7. The highest BCUT2D eigenvalue weighted by molar-refractivity contribution is 5.53. The Balaban J connectivity index is 2.22. The summed E-state index contributed by atoms with van der Waals surface area (Å²) in [6.45, 7) is 3.01. The maximum atomic E-state index is 5.78. The third kappa shape index (κ3) is 4.63. The number of nitrogens with two attached hydrogens (primary N) is 1. The molecular formula is C19H26N2O3. The van der Waals surface area contributed by atoms with Gasteiger partial charge in [-0.2, -0.15) is 0 Å². The Hall–Kier alpha value is -2.24. The third-order valence-electron chi connectivity index (χ3n) is 3.83. The molecule has 0 heterocycles. The lowest BCUT2D eigenvalue weighted by Crippen LogP contribution is -2.28. The maximum Gasteiger partial charge on any atom is 0.203 e. The minimum Gasteiger partial charge on any atom is -0.493 e. The van der Waals surface area contributed by atoms with Gasteiger partial charge >= 0.3 is 0 Å². The van der Waals surface area contributed by atoms with Gasteiger partial charge in [-0.15, -0.1) is 0 Å². The summed E-state index contributed by atoms with van der Waals surface area (Å²) in [4.78, 5) is 2.30. The summed E-state index contributed by atoms with van der Waals surface area (Å²) >= 11 is 0. The van der Waals surface area contributed by atoms with E-state index in [1.807, 2.05) is 18.2 Å². The van der Waals surface area contributed by atoms with Crippen LogP contribution in [0, 0.1) is 0 Å². The van der Waals surface area contributed by atoms with E-state index in [1.165, 1.54) is 5.56 Å². The molecule has 0 aromatic heterocycles. The molecule has 5 heteroatoms. The molecule has 0 amide bonds. The molecule has 0 spiro atoms. The van der Waals surface area contributed by atoms with Gasteiger partial charge in [-0.3, -0.25) is 4.90 Å². The number of methoxy groups -OCH3 is 3. The van der Waals surface area contributed by atoms with Crippen molar-refractivity contribution >= 4 is 0 Å². The van der Waals surface area contributed by atoms with Gasteiger partial charge in [0.15, 0.2) is 11.5 Å². The molecule has 0 fully saturated rings. The van der Waals surface area contributed by atoms with E-state index >= 15 is 0 Å². The van der Waals surface area contributed by atoms with E-state index in [9.17, 15) is 0 Å². The maximum absolute atomic E-state index is 5.78. The zero-order valence-electron chi connectivity index (χ0n) is 14.6. The van der Waals surface area contributed by atoms with Crippen LogP contribution in [0.5, 0.6) is 17.2 Å². The van der Waals surface area contributed by atoms with Crippen LogP contribution in [0.15, 0.2) is 42.5 Å². The van der Waals surface area contributed by atoms with Crippen LogP contribution in [0.3, 0.4) is 0 Å². The van der Waals surface area contributed by atoms with Crippen LogP contribution >= 0.6 is 0 Å². The lowest BCUT2D eigenvalue weighted by Gasteiger charge is -2.23. The van der Waals surface area contributed by atoms with Crippen LogP contribution in [0.1, 0.15) is 11.1 Å². The summed E-state index contributed by atoms with van der Waals surface area (Å²) in [7, 11) is 4.86. The average Bonchev–Trinajstić information content (AvgIpc) is 2.61. The van der Waals surface area contributed by atoms with Crippen LogP contribution in [0.2, 0.25) is 0 Å². The van der Waals surface area contributed by atoms with Crippen molar-refractivity contribution in [1.29, 1.82) is 0 Å². The molecule has 0 radical (unpaired) electrons. The zero-order chi connectivity index (χ0) is 17.4. The first-order valence-electron chi connectivity index (χ1n) is 7.97. The number of rotatable bonds is 9. The van der Waals surface area contributed by atoms with Crippen molar-refractivity contribution < 1.29 is 14.2 Å².